The summed E-state index contributed by atoms with van der Waals surface area (Å²) in [6, 6.07) is 3.75. The summed E-state index contributed by atoms with van der Waals surface area (Å²) in [5, 5.41) is 0. The summed E-state index contributed by atoms with van der Waals surface area (Å²) in [6.45, 7) is 6.05. The predicted octanol–water partition coefficient (Wildman–Crippen LogP) is 1.59. The Balaban J connectivity index is 2.80. The van der Waals surface area contributed by atoms with Crippen molar-refractivity contribution >= 4 is 5.91 Å². The molecular formula is C13H21N3O. The van der Waals surface area contributed by atoms with E-state index in [1.165, 1.54) is 0 Å². The fourth-order valence-electron chi connectivity index (χ4n) is 1.73. The molecule has 2 N–H and O–H groups in total. The molecule has 0 fully saturated rings. The molecule has 0 spiro atoms. The molecule has 1 aromatic heterocycles. The van der Waals surface area contributed by atoms with Crippen LogP contribution in [0.3, 0.4) is 0 Å². The van der Waals surface area contributed by atoms with Gasteiger partial charge in [-0.2, -0.15) is 0 Å². The molecule has 1 rings (SSSR count). The zero-order valence-electron chi connectivity index (χ0n) is 10.6. The average Bonchev–Trinajstić information content (AvgIpc) is 2.34. The number of rotatable bonds is 6. The smallest absolute Gasteiger partial charge is 0.272 e. The second-order valence-corrected chi connectivity index (χ2v) is 4.10. The zero-order chi connectivity index (χ0) is 12.7. The van der Waals surface area contributed by atoms with Crippen LogP contribution >= 0.6 is 0 Å². The van der Waals surface area contributed by atoms with E-state index in [2.05, 4.69) is 11.9 Å². The third-order valence-electron chi connectivity index (χ3n) is 2.62. The molecule has 0 aliphatic heterocycles. The summed E-state index contributed by atoms with van der Waals surface area (Å²) < 4.78 is 0. The van der Waals surface area contributed by atoms with E-state index in [1.54, 1.807) is 6.20 Å². The van der Waals surface area contributed by atoms with Gasteiger partial charge in [0, 0.05) is 19.3 Å². The monoisotopic (exact) mass is 235 g/mol. The molecule has 0 bridgehead atoms. The van der Waals surface area contributed by atoms with Crippen LogP contribution in [-0.4, -0.2) is 35.4 Å². The van der Waals surface area contributed by atoms with Gasteiger partial charge < -0.3 is 10.6 Å². The molecule has 0 saturated carbocycles. The Morgan fingerprint density at radius 1 is 1.47 bits per heavy atom. The van der Waals surface area contributed by atoms with Gasteiger partial charge in [-0.25, -0.2) is 0 Å². The lowest BCUT2D eigenvalue weighted by molar-refractivity contribution is 0.0748. The van der Waals surface area contributed by atoms with Crippen LogP contribution in [0.15, 0.2) is 18.3 Å². The topological polar surface area (TPSA) is 59.2 Å². The highest BCUT2D eigenvalue weighted by Gasteiger charge is 2.17. The molecule has 0 radical (unpaired) electrons. The Hall–Kier alpha value is -1.42. The number of hydrogen-bond donors (Lipinski definition) is 1. The molecule has 0 aromatic carbocycles. The van der Waals surface area contributed by atoms with E-state index in [-0.39, 0.29) is 5.91 Å². The summed E-state index contributed by atoms with van der Waals surface area (Å²) in [5.74, 6) is 0.0124. The number of carbonyl (C=O) groups is 1. The highest BCUT2D eigenvalue weighted by Crippen LogP contribution is 2.08. The van der Waals surface area contributed by atoms with Gasteiger partial charge in [0.1, 0.15) is 5.69 Å². The molecule has 1 aromatic rings. The van der Waals surface area contributed by atoms with Crippen molar-refractivity contribution in [3.8, 4) is 0 Å². The molecule has 94 valence electrons. The third-order valence-corrected chi connectivity index (χ3v) is 2.62. The maximum atomic E-state index is 12.3. The van der Waals surface area contributed by atoms with Gasteiger partial charge in [-0.1, -0.05) is 13.0 Å². The van der Waals surface area contributed by atoms with E-state index in [1.807, 2.05) is 24.0 Å². The third kappa shape index (κ3) is 3.82. The van der Waals surface area contributed by atoms with Crippen molar-refractivity contribution in [3.05, 3.63) is 29.6 Å². The van der Waals surface area contributed by atoms with Gasteiger partial charge in [0.2, 0.25) is 0 Å². The Kier molecular flexibility index (Phi) is 5.63. The van der Waals surface area contributed by atoms with Crippen LogP contribution in [0.5, 0.6) is 0 Å². The van der Waals surface area contributed by atoms with E-state index < -0.39 is 0 Å². The molecule has 4 nitrogen and oxygen atoms in total. The first-order valence-corrected chi connectivity index (χ1v) is 6.11. The van der Waals surface area contributed by atoms with E-state index in [9.17, 15) is 4.79 Å². The number of hydrogen-bond acceptors (Lipinski definition) is 3. The van der Waals surface area contributed by atoms with E-state index >= 15 is 0 Å². The molecule has 1 amide bonds. The second-order valence-electron chi connectivity index (χ2n) is 4.10. The first kappa shape index (κ1) is 13.6. The van der Waals surface area contributed by atoms with Gasteiger partial charge in [-0.15, -0.1) is 0 Å². The van der Waals surface area contributed by atoms with E-state index in [4.69, 9.17) is 5.73 Å². The Labute approximate surface area is 103 Å². The average molecular weight is 235 g/mol. The number of aromatic nitrogens is 1. The number of pyridine rings is 1. The molecule has 0 aliphatic rings. The molecule has 4 heteroatoms. The van der Waals surface area contributed by atoms with Crippen LogP contribution in [0.2, 0.25) is 0 Å². The van der Waals surface area contributed by atoms with Crippen LogP contribution < -0.4 is 5.73 Å². The van der Waals surface area contributed by atoms with E-state index in [0.29, 0.717) is 18.8 Å². The van der Waals surface area contributed by atoms with Gasteiger partial charge in [-0.05, 0) is 37.9 Å². The Morgan fingerprint density at radius 3 is 2.82 bits per heavy atom. The standard InChI is InChI=1S/C13H21N3O/c1-3-9-16(10-5-7-14)13(17)12-11(2)6-4-8-15-12/h4,6,8H,3,5,7,9-10,14H2,1-2H3. The van der Waals surface area contributed by atoms with Crippen molar-refractivity contribution in [2.24, 2.45) is 5.73 Å². The maximum Gasteiger partial charge on any atom is 0.272 e. The number of amides is 1. The van der Waals surface area contributed by atoms with Crippen molar-refractivity contribution in [3.63, 3.8) is 0 Å². The lowest BCUT2D eigenvalue weighted by atomic mass is 10.2. The van der Waals surface area contributed by atoms with Crippen LogP contribution in [0.4, 0.5) is 0 Å². The van der Waals surface area contributed by atoms with Crippen molar-refractivity contribution in [2.45, 2.75) is 26.7 Å². The Morgan fingerprint density at radius 2 is 2.24 bits per heavy atom. The molecule has 17 heavy (non-hydrogen) atoms. The van der Waals surface area contributed by atoms with Gasteiger partial charge in [0.25, 0.3) is 5.91 Å². The molecule has 0 atom stereocenters. The zero-order valence-corrected chi connectivity index (χ0v) is 10.6. The first-order valence-electron chi connectivity index (χ1n) is 6.11. The number of nitrogens with two attached hydrogens (primary N) is 1. The second kappa shape index (κ2) is 7.01. The normalized spacial score (nSPS) is 10.3. The lowest BCUT2D eigenvalue weighted by Gasteiger charge is -2.22. The van der Waals surface area contributed by atoms with Gasteiger partial charge in [0.05, 0.1) is 0 Å². The highest BCUT2D eigenvalue weighted by molar-refractivity contribution is 5.93. The fourth-order valence-corrected chi connectivity index (χ4v) is 1.73. The van der Waals surface area contributed by atoms with Gasteiger partial charge in [0.15, 0.2) is 0 Å². The fraction of sp³-hybridized carbons (Fsp3) is 0.538. The maximum absolute atomic E-state index is 12.3. The summed E-state index contributed by atoms with van der Waals surface area (Å²) >= 11 is 0. The van der Waals surface area contributed by atoms with Crippen molar-refractivity contribution in [1.82, 2.24) is 9.88 Å². The summed E-state index contributed by atoms with van der Waals surface area (Å²) in [6.07, 6.45) is 3.44. The van der Waals surface area contributed by atoms with Crippen molar-refractivity contribution in [1.29, 1.82) is 0 Å². The number of carbonyl (C=O) groups excluding carboxylic acids is 1. The minimum absolute atomic E-state index is 0.0124. The molecule has 0 saturated heterocycles. The van der Waals surface area contributed by atoms with E-state index in [0.717, 1.165) is 24.9 Å². The Bertz CT molecular complexity index is 365. The summed E-state index contributed by atoms with van der Waals surface area (Å²) in [4.78, 5) is 18.3. The van der Waals surface area contributed by atoms with Crippen LogP contribution in [0, 0.1) is 6.92 Å². The SMILES string of the molecule is CCCN(CCCN)C(=O)c1ncccc1C. The highest BCUT2D eigenvalue weighted by atomic mass is 16.2. The largest absolute Gasteiger partial charge is 0.337 e. The molecule has 0 unspecified atom stereocenters. The summed E-state index contributed by atoms with van der Waals surface area (Å²) in [7, 11) is 0. The number of nitrogens with zero attached hydrogens (tertiary/aromatic N) is 2. The summed E-state index contributed by atoms with van der Waals surface area (Å²) in [5.41, 5.74) is 6.96. The minimum Gasteiger partial charge on any atom is -0.337 e. The first-order chi connectivity index (χ1) is 8.20. The van der Waals surface area contributed by atoms with Crippen molar-refractivity contribution < 1.29 is 4.79 Å². The number of aryl methyl sites for hydroxylation is 1. The van der Waals surface area contributed by atoms with Gasteiger partial charge >= 0.3 is 0 Å². The van der Waals surface area contributed by atoms with Crippen LogP contribution in [0.1, 0.15) is 35.8 Å². The van der Waals surface area contributed by atoms with Gasteiger partial charge in [-0.3, -0.25) is 9.78 Å². The molecular weight excluding hydrogens is 214 g/mol. The quantitative estimate of drug-likeness (QED) is 0.814. The van der Waals surface area contributed by atoms with Crippen LogP contribution in [0.25, 0.3) is 0 Å². The molecule has 0 aliphatic carbocycles. The lowest BCUT2D eigenvalue weighted by Crippen LogP contribution is -2.34. The van der Waals surface area contributed by atoms with Crippen LogP contribution in [-0.2, 0) is 0 Å². The minimum atomic E-state index is 0.0124. The van der Waals surface area contributed by atoms with Crippen molar-refractivity contribution in [2.75, 3.05) is 19.6 Å². The molecule has 1 heterocycles. The predicted molar refractivity (Wildman–Crippen MR) is 68.8 cm³/mol.